The molecular weight excluding hydrogens is 458 g/mol. The van der Waals surface area contributed by atoms with Crippen LogP contribution in [0.4, 0.5) is 4.79 Å². The first-order chi connectivity index (χ1) is 16.1. The van der Waals surface area contributed by atoms with E-state index in [2.05, 4.69) is 11.8 Å². The molecule has 0 radical (unpaired) electrons. The summed E-state index contributed by atoms with van der Waals surface area (Å²) in [6.07, 6.45) is 3.43. The lowest BCUT2D eigenvalue weighted by molar-refractivity contribution is -0.131. The molecular formula is C24H27N3O6S. The number of aromatic nitrogens is 1. The van der Waals surface area contributed by atoms with E-state index in [1.54, 1.807) is 6.20 Å². The van der Waals surface area contributed by atoms with Crippen LogP contribution in [0, 0.1) is 17.8 Å². The van der Waals surface area contributed by atoms with Gasteiger partial charge >= 0.3 is 6.03 Å². The fourth-order valence-electron chi connectivity index (χ4n) is 4.22. The predicted molar refractivity (Wildman–Crippen MR) is 124 cm³/mol. The molecule has 0 bridgehead atoms. The van der Waals surface area contributed by atoms with Crippen molar-refractivity contribution in [3.8, 4) is 11.8 Å². The molecule has 0 saturated heterocycles. The molecule has 34 heavy (non-hydrogen) atoms. The summed E-state index contributed by atoms with van der Waals surface area (Å²) in [7, 11) is -3.83. The smallest absolute Gasteiger partial charge is 0.328 e. The zero-order valence-electron chi connectivity index (χ0n) is 19.0. The minimum atomic E-state index is -3.83. The van der Waals surface area contributed by atoms with E-state index in [1.165, 1.54) is 27.4 Å². The van der Waals surface area contributed by atoms with Gasteiger partial charge in [-0.05, 0) is 55.4 Å². The van der Waals surface area contributed by atoms with Gasteiger partial charge in [0.05, 0.1) is 6.54 Å². The van der Waals surface area contributed by atoms with Crippen molar-refractivity contribution in [2.45, 2.75) is 37.0 Å². The van der Waals surface area contributed by atoms with Gasteiger partial charge in [0.2, 0.25) is 0 Å². The number of benzene rings is 1. The van der Waals surface area contributed by atoms with E-state index in [-0.39, 0.29) is 32.1 Å². The van der Waals surface area contributed by atoms with E-state index in [9.17, 15) is 23.1 Å². The van der Waals surface area contributed by atoms with Crippen molar-refractivity contribution in [3.63, 3.8) is 0 Å². The van der Waals surface area contributed by atoms with Gasteiger partial charge in [-0.15, -0.1) is 0 Å². The van der Waals surface area contributed by atoms with Gasteiger partial charge in [0.15, 0.2) is 14.6 Å². The Morgan fingerprint density at radius 2 is 1.91 bits per heavy atom. The lowest BCUT2D eigenvalue weighted by Gasteiger charge is -2.27. The molecule has 2 aromatic rings. The molecule has 2 aliphatic rings. The lowest BCUT2D eigenvalue weighted by Crippen LogP contribution is -2.50. The molecule has 3 atom stereocenters. The summed E-state index contributed by atoms with van der Waals surface area (Å²) in [5, 5.41) is 18.2. The second kappa shape index (κ2) is 8.91. The molecule has 180 valence electrons. The largest absolute Gasteiger partial charge is 0.396 e. The second-order valence-corrected chi connectivity index (χ2v) is 11.6. The molecule has 2 amide bonds. The Hall–Kier alpha value is -3.13. The zero-order valence-corrected chi connectivity index (χ0v) is 19.8. The minimum absolute atomic E-state index is 0.0308. The Bertz CT molecular complexity index is 1290. The van der Waals surface area contributed by atoms with E-state index < -0.39 is 20.5 Å². The van der Waals surface area contributed by atoms with Crippen LogP contribution >= 0.6 is 0 Å². The van der Waals surface area contributed by atoms with Crippen molar-refractivity contribution in [1.29, 1.82) is 0 Å². The number of hydrogen-bond acceptors (Lipinski definition) is 6. The lowest BCUT2D eigenvalue weighted by atomic mass is 10.1. The first kappa shape index (κ1) is 24.0. The summed E-state index contributed by atoms with van der Waals surface area (Å²) in [6, 6.07) is 9.46. The highest BCUT2D eigenvalue weighted by Gasteiger charge is 2.44. The quantitative estimate of drug-likeness (QED) is 0.309. The van der Waals surface area contributed by atoms with Crippen LogP contribution in [0.5, 0.6) is 0 Å². The average Bonchev–Trinajstić information content (AvgIpc) is 3.41. The number of carbonyl (C=O) groups excluding carboxylic acids is 2. The third-order valence-electron chi connectivity index (χ3n) is 6.84. The van der Waals surface area contributed by atoms with Crippen molar-refractivity contribution in [2.75, 3.05) is 19.4 Å². The molecule has 1 aromatic carbocycles. The second-order valence-electron chi connectivity index (χ2n) is 9.15. The van der Waals surface area contributed by atoms with Gasteiger partial charge in [0, 0.05) is 42.4 Å². The Labute approximate surface area is 198 Å². The number of aliphatic hydroxyl groups is 1. The van der Waals surface area contributed by atoms with Gasteiger partial charge in [0.1, 0.15) is 0 Å². The highest BCUT2D eigenvalue weighted by molar-refractivity contribution is 7.92. The molecule has 0 spiro atoms. The van der Waals surface area contributed by atoms with E-state index >= 15 is 0 Å². The normalized spacial score (nSPS) is 20.8. The number of nitrogens with one attached hydrogen (secondary N) is 1. The summed E-state index contributed by atoms with van der Waals surface area (Å²) in [5.41, 5.74) is 4.89. The summed E-state index contributed by atoms with van der Waals surface area (Å²) >= 11 is 0. The van der Waals surface area contributed by atoms with E-state index in [4.69, 9.17) is 5.21 Å². The Morgan fingerprint density at radius 3 is 2.47 bits per heavy atom. The predicted octanol–water partition coefficient (Wildman–Crippen LogP) is 1.47. The van der Waals surface area contributed by atoms with Gasteiger partial charge in [-0.1, -0.05) is 24.0 Å². The standard InChI is InChI=1S/C24H27N3O6S/c1-24(22(29)25-31,34(2,32)33)9-10-26-14-20-11-17(13-27(20)23(26)30)4-3-16-5-7-18(8-6-16)21-12-19(21)15-28/h5-8,11,13,19,21,28,31H,9-10,12,14-15H2,1-2H3,(H,25,29)/t19-,21?,24+/m0/s1. The van der Waals surface area contributed by atoms with Gasteiger partial charge < -0.3 is 10.0 Å². The van der Waals surface area contributed by atoms with Crippen molar-refractivity contribution in [2.24, 2.45) is 5.92 Å². The number of aliphatic hydroxyl groups excluding tert-OH is 1. The van der Waals surface area contributed by atoms with Gasteiger partial charge in [0.25, 0.3) is 5.91 Å². The number of hydrogen-bond donors (Lipinski definition) is 3. The van der Waals surface area contributed by atoms with E-state index in [1.807, 2.05) is 30.3 Å². The third kappa shape index (κ3) is 4.46. The van der Waals surface area contributed by atoms with Crippen LogP contribution in [-0.2, 0) is 21.2 Å². The maximum absolute atomic E-state index is 12.8. The number of sulfone groups is 1. The van der Waals surface area contributed by atoms with Crippen LogP contribution < -0.4 is 5.48 Å². The third-order valence-corrected chi connectivity index (χ3v) is 8.86. The van der Waals surface area contributed by atoms with Crippen molar-refractivity contribution in [3.05, 3.63) is 58.9 Å². The maximum Gasteiger partial charge on any atom is 0.328 e. The van der Waals surface area contributed by atoms with Crippen LogP contribution in [0.15, 0.2) is 36.5 Å². The Morgan fingerprint density at radius 1 is 1.24 bits per heavy atom. The zero-order chi connectivity index (χ0) is 24.7. The number of rotatable bonds is 7. The number of hydroxylamine groups is 1. The average molecular weight is 486 g/mol. The SMILES string of the molecule is C[C@@](CCN1Cc2cc(C#Cc3ccc(C4C[C@H]4CO)cc3)cn2C1=O)(C(=O)NO)S(C)(=O)=O. The monoisotopic (exact) mass is 485 g/mol. The number of amides is 2. The Balaban J connectivity index is 1.40. The van der Waals surface area contributed by atoms with Gasteiger partial charge in [-0.25, -0.2) is 18.7 Å². The number of carbonyl (C=O) groups is 2. The molecule has 3 N–H and O–H groups in total. The molecule has 4 rings (SSSR count). The molecule has 1 aromatic heterocycles. The molecule has 9 nitrogen and oxygen atoms in total. The van der Waals surface area contributed by atoms with Crippen LogP contribution in [0.2, 0.25) is 0 Å². The van der Waals surface area contributed by atoms with Crippen molar-refractivity contribution in [1.82, 2.24) is 14.9 Å². The minimum Gasteiger partial charge on any atom is -0.396 e. The summed E-state index contributed by atoms with van der Waals surface area (Å²) in [6.45, 7) is 1.74. The molecule has 1 aliphatic heterocycles. The maximum atomic E-state index is 12.8. The first-order valence-corrected chi connectivity index (χ1v) is 12.8. The van der Waals surface area contributed by atoms with Crippen LogP contribution in [0.25, 0.3) is 0 Å². The molecule has 2 heterocycles. The fraction of sp³-hybridized carbons (Fsp3) is 0.417. The van der Waals surface area contributed by atoms with E-state index in [0.717, 1.165) is 23.9 Å². The Kier molecular flexibility index (Phi) is 6.29. The first-order valence-electron chi connectivity index (χ1n) is 10.9. The van der Waals surface area contributed by atoms with Gasteiger partial charge in [-0.3, -0.25) is 14.6 Å². The highest BCUT2D eigenvalue weighted by atomic mass is 32.2. The van der Waals surface area contributed by atoms with Crippen LogP contribution in [0.1, 0.15) is 48.1 Å². The number of nitrogens with zero attached hydrogens (tertiary/aromatic N) is 2. The number of fused-ring (bicyclic) bond motifs is 1. The summed E-state index contributed by atoms with van der Waals surface area (Å²) in [5.74, 6) is 5.93. The van der Waals surface area contributed by atoms with Crippen LogP contribution in [0.3, 0.4) is 0 Å². The highest BCUT2D eigenvalue weighted by Crippen LogP contribution is 2.46. The molecule has 1 unspecified atom stereocenters. The molecule has 10 heteroatoms. The van der Waals surface area contributed by atoms with Crippen molar-refractivity contribution >= 4 is 21.8 Å². The van der Waals surface area contributed by atoms with E-state index in [0.29, 0.717) is 17.4 Å². The molecule has 1 saturated carbocycles. The van der Waals surface area contributed by atoms with Gasteiger partial charge in [-0.2, -0.15) is 0 Å². The topological polar surface area (TPSA) is 129 Å². The summed E-state index contributed by atoms with van der Waals surface area (Å²) < 4.78 is 23.9. The summed E-state index contributed by atoms with van der Waals surface area (Å²) in [4.78, 5) is 26.2. The van der Waals surface area contributed by atoms with Crippen molar-refractivity contribution < 1.29 is 28.3 Å². The van der Waals surface area contributed by atoms with Crippen LogP contribution in [-0.4, -0.2) is 64.3 Å². The molecule has 1 fully saturated rings. The molecule has 1 aliphatic carbocycles. The fourth-order valence-corrected chi connectivity index (χ4v) is 5.06.